The van der Waals surface area contributed by atoms with Crippen LogP contribution in [-0.4, -0.2) is 65.2 Å². The molecule has 4 aliphatic rings. The highest BCUT2D eigenvalue weighted by molar-refractivity contribution is 5.89. The van der Waals surface area contributed by atoms with Gasteiger partial charge in [0.25, 0.3) is 0 Å². The Labute approximate surface area is 208 Å². The average molecular weight is 489 g/mol. The predicted molar refractivity (Wildman–Crippen MR) is 131 cm³/mol. The van der Waals surface area contributed by atoms with Crippen LogP contribution in [0.1, 0.15) is 72.6 Å². The first-order valence-electron chi connectivity index (χ1n) is 13.0. The summed E-state index contributed by atoms with van der Waals surface area (Å²) in [6, 6.07) is 0. The minimum Gasteiger partial charge on any atom is -0.459 e. The summed E-state index contributed by atoms with van der Waals surface area (Å²) in [5.74, 6) is -0.140. The smallest absolute Gasteiger partial charge is 0.303 e. The highest BCUT2D eigenvalue weighted by atomic mass is 16.6. The van der Waals surface area contributed by atoms with Crippen molar-refractivity contribution in [1.82, 2.24) is 0 Å². The Kier molecular flexibility index (Phi) is 8.01. The molecule has 194 valence electrons. The zero-order chi connectivity index (χ0) is 25.2. The number of hydrogen-bond acceptors (Lipinski definition) is 7. The van der Waals surface area contributed by atoms with Gasteiger partial charge in [-0.15, -0.1) is 0 Å². The van der Waals surface area contributed by atoms with E-state index in [0.717, 1.165) is 44.1 Å². The lowest BCUT2D eigenvalue weighted by molar-refractivity contribution is -0.145. The lowest BCUT2D eigenvalue weighted by Gasteiger charge is -2.37. The summed E-state index contributed by atoms with van der Waals surface area (Å²) in [5, 5.41) is 10.7. The highest BCUT2D eigenvalue weighted by Gasteiger charge is 2.65. The third-order valence-corrected chi connectivity index (χ3v) is 7.73. The van der Waals surface area contributed by atoms with Crippen molar-refractivity contribution >= 4 is 11.8 Å². The minimum atomic E-state index is -0.611. The fraction of sp³-hybridized carbons (Fsp3) is 0.714. The standard InChI is InChI=1S/C28H40O7/c1-18(6-12-25-26(31)28(17-32-28)16-27(35-25)13-14-27)5-10-24-11-8-22(20(3)34-24)15-23(30)9-7-19(2)33-21(4)29/h5-7,9,12,19-20,22,24-26,31H,8,10-11,13-17H2,1-4H3/b9-7-,12-6+,18-5+/t19-,20+,22-,24-,25?,26+,28+/m0/s1. The first kappa shape index (κ1) is 26.3. The van der Waals surface area contributed by atoms with Crippen molar-refractivity contribution in [3.63, 3.8) is 0 Å². The zero-order valence-electron chi connectivity index (χ0n) is 21.4. The first-order valence-corrected chi connectivity index (χ1v) is 13.0. The van der Waals surface area contributed by atoms with Crippen molar-refractivity contribution in [3.05, 3.63) is 36.0 Å². The molecule has 0 aromatic heterocycles. The van der Waals surface area contributed by atoms with Crippen LogP contribution in [-0.2, 0) is 28.5 Å². The number of carbonyl (C=O) groups is 2. The molecule has 1 N–H and O–H groups in total. The van der Waals surface area contributed by atoms with Gasteiger partial charge in [-0.2, -0.15) is 0 Å². The monoisotopic (exact) mass is 488 g/mol. The second-order valence-corrected chi connectivity index (χ2v) is 10.9. The molecule has 1 aliphatic carbocycles. The van der Waals surface area contributed by atoms with Crippen molar-refractivity contribution < 1.29 is 33.6 Å². The molecule has 7 atom stereocenters. The van der Waals surface area contributed by atoms with Gasteiger partial charge >= 0.3 is 5.97 Å². The van der Waals surface area contributed by atoms with Crippen LogP contribution in [0.5, 0.6) is 0 Å². The molecule has 0 aromatic carbocycles. The van der Waals surface area contributed by atoms with Gasteiger partial charge in [0, 0.05) is 19.8 Å². The molecular weight excluding hydrogens is 448 g/mol. The van der Waals surface area contributed by atoms with Gasteiger partial charge in [-0.3, -0.25) is 9.59 Å². The fourth-order valence-electron chi connectivity index (χ4n) is 5.35. The predicted octanol–water partition coefficient (Wildman–Crippen LogP) is 3.98. The first-order chi connectivity index (χ1) is 16.6. The van der Waals surface area contributed by atoms with Crippen LogP contribution in [0.3, 0.4) is 0 Å². The van der Waals surface area contributed by atoms with Crippen molar-refractivity contribution in [2.45, 2.75) is 114 Å². The maximum absolute atomic E-state index is 12.3. The van der Waals surface area contributed by atoms with E-state index < -0.39 is 12.2 Å². The molecule has 7 heteroatoms. The molecule has 0 amide bonds. The lowest BCUT2D eigenvalue weighted by atomic mass is 9.87. The molecule has 0 radical (unpaired) electrons. The van der Waals surface area contributed by atoms with Crippen LogP contribution in [0.4, 0.5) is 0 Å². The number of epoxide rings is 1. The van der Waals surface area contributed by atoms with E-state index in [1.54, 1.807) is 13.0 Å². The molecule has 0 bridgehead atoms. The Balaban J connectivity index is 1.21. The molecule has 4 rings (SSSR count). The van der Waals surface area contributed by atoms with Crippen molar-refractivity contribution in [2.75, 3.05) is 6.61 Å². The Hall–Kier alpha value is -1.80. The largest absolute Gasteiger partial charge is 0.459 e. The van der Waals surface area contributed by atoms with Crippen molar-refractivity contribution in [1.29, 1.82) is 0 Å². The van der Waals surface area contributed by atoms with Gasteiger partial charge in [0.1, 0.15) is 23.9 Å². The Morgan fingerprint density at radius 3 is 2.57 bits per heavy atom. The quantitative estimate of drug-likeness (QED) is 0.227. The fourth-order valence-corrected chi connectivity index (χ4v) is 5.35. The van der Waals surface area contributed by atoms with Crippen LogP contribution in [0, 0.1) is 5.92 Å². The number of esters is 1. The van der Waals surface area contributed by atoms with E-state index >= 15 is 0 Å². The summed E-state index contributed by atoms with van der Waals surface area (Å²) < 4.78 is 23.1. The van der Waals surface area contributed by atoms with Crippen LogP contribution in [0.15, 0.2) is 36.0 Å². The molecule has 1 saturated carbocycles. The summed E-state index contributed by atoms with van der Waals surface area (Å²) >= 11 is 0. The second-order valence-electron chi connectivity index (χ2n) is 10.9. The Morgan fingerprint density at radius 2 is 1.94 bits per heavy atom. The molecule has 4 fully saturated rings. The van der Waals surface area contributed by atoms with E-state index in [1.165, 1.54) is 13.0 Å². The summed E-state index contributed by atoms with van der Waals surface area (Å²) in [7, 11) is 0. The third kappa shape index (κ3) is 6.91. The SMILES string of the molecule is CC(=O)O[C@@H](C)/C=C\C(=O)C[C@@H]1CC[C@H](C/C=C(C)/C=C/C2OC3(CC3)C[C@@]3(CO3)[C@@H]2O)O[C@@H]1C. The molecule has 1 unspecified atom stereocenters. The number of ketones is 1. The maximum atomic E-state index is 12.3. The van der Waals surface area contributed by atoms with Gasteiger partial charge in [0.2, 0.25) is 0 Å². The Morgan fingerprint density at radius 1 is 1.20 bits per heavy atom. The molecule has 3 heterocycles. The van der Waals surface area contributed by atoms with Crippen molar-refractivity contribution in [3.8, 4) is 0 Å². The van der Waals surface area contributed by atoms with Gasteiger partial charge in [0.15, 0.2) is 5.78 Å². The molecule has 2 spiro atoms. The van der Waals surface area contributed by atoms with E-state index in [2.05, 4.69) is 13.0 Å². The molecule has 35 heavy (non-hydrogen) atoms. The number of rotatable bonds is 9. The average Bonchev–Trinajstić information content (AvgIpc) is 3.73. The summed E-state index contributed by atoms with van der Waals surface area (Å²) in [5.41, 5.74) is 0.646. The van der Waals surface area contributed by atoms with Crippen molar-refractivity contribution in [2.24, 2.45) is 5.92 Å². The van der Waals surface area contributed by atoms with E-state index in [9.17, 15) is 14.7 Å². The van der Waals surface area contributed by atoms with E-state index in [1.807, 2.05) is 19.1 Å². The topological polar surface area (TPSA) is 94.6 Å². The number of ether oxygens (including phenoxy) is 4. The third-order valence-electron chi connectivity index (χ3n) is 7.73. The molecule has 3 saturated heterocycles. The second kappa shape index (κ2) is 10.7. The number of hydrogen-bond donors (Lipinski definition) is 1. The van der Waals surface area contributed by atoms with E-state index in [-0.39, 0.29) is 47.2 Å². The van der Waals surface area contributed by atoms with Crippen LogP contribution >= 0.6 is 0 Å². The normalized spacial score (nSPS) is 37.2. The maximum Gasteiger partial charge on any atom is 0.303 e. The molecule has 3 aliphatic heterocycles. The van der Waals surface area contributed by atoms with Gasteiger partial charge in [-0.1, -0.05) is 23.8 Å². The van der Waals surface area contributed by atoms with Gasteiger partial charge in [0.05, 0.1) is 24.4 Å². The number of carbonyl (C=O) groups excluding carboxylic acids is 2. The van der Waals surface area contributed by atoms with E-state index in [0.29, 0.717) is 13.0 Å². The van der Waals surface area contributed by atoms with Gasteiger partial charge in [-0.05, 0) is 70.9 Å². The number of aliphatic hydroxyl groups is 1. The van der Waals surface area contributed by atoms with Crippen LogP contribution in [0.25, 0.3) is 0 Å². The zero-order valence-corrected chi connectivity index (χ0v) is 21.4. The highest BCUT2D eigenvalue weighted by Crippen LogP contribution is 2.56. The lowest BCUT2D eigenvalue weighted by Crippen LogP contribution is -2.50. The minimum absolute atomic E-state index is 0.0106. The van der Waals surface area contributed by atoms with E-state index in [4.69, 9.17) is 18.9 Å². The summed E-state index contributed by atoms with van der Waals surface area (Å²) in [6.45, 7) is 7.81. The summed E-state index contributed by atoms with van der Waals surface area (Å²) in [6.07, 6.45) is 14.1. The van der Waals surface area contributed by atoms with Gasteiger partial charge in [-0.25, -0.2) is 0 Å². The molecule has 7 nitrogen and oxygen atoms in total. The number of aliphatic hydroxyl groups excluding tert-OH is 1. The van der Waals surface area contributed by atoms with Crippen LogP contribution < -0.4 is 0 Å². The van der Waals surface area contributed by atoms with Gasteiger partial charge < -0.3 is 24.1 Å². The summed E-state index contributed by atoms with van der Waals surface area (Å²) in [4.78, 5) is 23.3. The van der Waals surface area contributed by atoms with Crippen LogP contribution in [0.2, 0.25) is 0 Å². The molecule has 0 aromatic rings. The number of allylic oxidation sites excluding steroid dienone is 3. The molecular formula is C28H40O7. The Bertz CT molecular complexity index is 880.